The number of likely N-dealkylation sites (tertiary alicyclic amines) is 1. The summed E-state index contributed by atoms with van der Waals surface area (Å²) < 4.78 is 20.7. The van der Waals surface area contributed by atoms with E-state index in [9.17, 15) is 9.90 Å². The first-order valence-corrected chi connectivity index (χ1v) is 13.1. The van der Waals surface area contributed by atoms with E-state index in [1.807, 2.05) is 36.4 Å². The maximum atomic E-state index is 15.4. The molecular formula is C27H32FN3O3S. The summed E-state index contributed by atoms with van der Waals surface area (Å²) in [5, 5.41) is 11.6. The van der Waals surface area contributed by atoms with Gasteiger partial charge in [-0.15, -0.1) is 11.8 Å². The summed E-state index contributed by atoms with van der Waals surface area (Å²) in [7, 11) is 1.59. The van der Waals surface area contributed by atoms with Crippen LogP contribution in [0.15, 0.2) is 59.9 Å². The molecule has 1 unspecified atom stereocenters. The molecule has 1 aliphatic rings. The molecule has 0 amide bonds. The molecule has 0 bridgehead atoms. The number of thioether (sulfide) groups is 1. The Balaban J connectivity index is 1.30. The number of hydrogen-bond acceptors (Lipinski definition) is 6. The minimum absolute atomic E-state index is 0.0208. The van der Waals surface area contributed by atoms with Crippen LogP contribution in [0.5, 0.6) is 5.75 Å². The number of benzene rings is 1. The van der Waals surface area contributed by atoms with Crippen LogP contribution >= 0.6 is 11.8 Å². The Bertz CT molecular complexity index is 1120. The van der Waals surface area contributed by atoms with E-state index in [1.165, 1.54) is 0 Å². The van der Waals surface area contributed by atoms with E-state index >= 15 is 4.39 Å². The van der Waals surface area contributed by atoms with Crippen LogP contribution in [0.4, 0.5) is 4.39 Å². The number of hydrogen-bond donors (Lipinski definition) is 1. The molecule has 1 N–H and O–H groups in total. The van der Waals surface area contributed by atoms with Gasteiger partial charge in [0.15, 0.2) is 0 Å². The van der Waals surface area contributed by atoms with Crippen molar-refractivity contribution < 1.29 is 19.0 Å². The normalized spacial score (nSPS) is 19.5. The van der Waals surface area contributed by atoms with Crippen LogP contribution in [0.2, 0.25) is 0 Å². The van der Waals surface area contributed by atoms with E-state index in [1.54, 1.807) is 37.3 Å². The smallest absolute Gasteiger partial charge is 0.308 e. The van der Waals surface area contributed by atoms with Crippen molar-refractivity contribution in [2.24, 2.45) is 11.8 Å². The fourth-order valence-electron chi connectivity index (χ4n) is 4.86. The number of nitrogens with zero attached hydrogens (tertiary/aromatic N) is 3. The fraction of sp³-hybridized carbons (Fsp3) is 0.444. The van der Waals surface area contributed by atoms with Gasteiger partial charge in [0.05, 0.1) is 23.6 Å². The first kappa shape index (κ1) is 25.4. The SMILES string of the molecule is COc1ccc2nccc(C(F)CC[C@@H]3CCN(CCCSc4ccccn4)C[C@@H]3C(=O)O)c2c1. The number of carboxylic acid groups (broad SMARTS) is 1. The average molecular weight is 498 g/mol. The molecule has 1 fully saturated rings. The highest BCUT2D eigenvalue weighted by Gasteiger charge is 2.34. The summed E-state index contributed by atoms with van der Waals surface area (Å²) in [6, 6.07) is 13.1. The molecule has 1 aromatic carbocycles. The number of piperidine rings is 1. The van der Waals surface area contributed by atoms with E-state index in [4.69, 9.17) is 4.74 Å². The van der Waals surface area contributed by atoms with Crippen molar-refractivity contribution in [3.63, 3.8) is 0 Å². The van der Waals surface area contributed by atoms with E-state index in [0.29, 0.717) is 30.7 Å². The van der Waals surface area contributed by atoms with Crippen LogP contribution in [-0.2, 0) is 4.79 Å². The van der Waals surface area contributed by atoms with Gasteiger partial charge < -0.3 is 14.7 Å². The maximum Gasteiger partial charge on any atom is 0.308 e. The highest BCUT2D eigenvalue weighted by atomic mass is 32.2. The van der Waals surface area contributed by atoms with Crippen molar-refractivity contribution in [2.75, 3.05) is 32.5 Å². The second-order valence-electron chi connectivity index (χ2n) is 8.99. The molecule has 186 valence electrons. The van der Waals surface area contributed by atoms with Crippen molar-refractivity contribution in [1.29, 1.82) is 0 Å². The van der Waals surface area contributed by atoms with Gasteiger partial charge in [-0.05, 0) is 86.7 Å². The fourth-order valence-corrected chi connectivity index (χ4v) is 5.65. The van der Waals surface area contributed by atoms with Crippen LogP contribution in [0.3, 0.4) is 0 Å². The number of carbonyl (C=O) groups is 1. The van der Waals surface area contributed by atoms with Crippen molar-refractivity contribution in [3.8, 4) is 5.75 Å². The molecule has 0 radical (unpaired) electrons. The van der Waals surface area contributed by atoms with Crippen LogP contribution < -0.4 is 4.74 Å². The van der Waals surface area contributed by atoms with Gasteiger partial charge >= 0.3 is 5.97 Å². The Labute approximate surface area is 209 Å². The number of alkyl halides is 1. The Kier molecular flexibility index (Phi) is 8.93. The number of ether oxygens (including phenoxy) is 1. The Morgan fingerprint density at radius 3 is 2.91 bits per heavy atom. The van der Waals surface area contributed by atoms with E-state index in [-0.39, 0.29) is 5.92 Å². The summed E-state index contributed by atoms with van der Waals surface area (Å²) in [5.74, 6) is 0.344. The van der Waals surface area contributed by atoms with Gasteiger partial charge in [0.2, 0.25) is 0 Å². The van der Waals surface area contributed by atoms with Gasteiger partial charge in [-0.25, -0.2) is 9.37 Å². The summed E-state index contributed by atoms with van der Waals surface area (Å²) in [6.45, 7) is 2.25. The molecule has 4 rings (SSSR count). The molecule has 3 aromatic rings. The van der Waals surface area contributed by atoms with Gasteiger partial charge in [0.25, 0.3) is 0 Å². The van der Waals surface area contributed by atoms with Gasteiger partial charge in [0, 0.05) is 30.1 Å². The van der Waals surface area contributed by atoms with Gasteiger partial charge in [-0.3, -0.25) is 9.78 Å². The van der Waals surface area contributed by atoms with Gasteiger partial charge in [-0.2, -0.15) is 0 Å². The molecule has 6 nitrogen and oxygen atoms in total. The summed E-state index contributed by atoms with van der Waals surface area (Å²) in [6.07, 6.45) is 4.84. The number of rotatable bonds is 11. The number of fused-ring (bicyclic) bond motifs is 1. The zero-order valence-corrected chi connectivity index (χ0v) is 20.8. The lowest BCUT2D eigenvalue weighted by molar-refractivity contribution is -0.146. The number of carboxylic acids is 1. The first-order valence-electron chi connectivity index (χ1n) is 12.1. The molecule has 0 aliphatic carbocycles. The van der Waals surface area contributed by atoms with Crippen molar-refractivity contribution in [1.82, 2.24) is 14.9 Å². The third kappa shape index (κ3) is 6.70. The number of methoxy groups -OCH3 is 1. The predicted molar refractivity (Wildman–Crippen MR) is 137 cm³/mol. The molecule has 1 saturated heterocycles. The largest absolute Gasteiger partial charge is 0.497 e. The molecule has 1 aliphatic heterocycles. The van der Waals surface area contributed by atoms with Crippen LogP contribution in [0.25, 0.3) is 10.9 Å². The second-order valence-corrected chi connectivity index (χ2v) is 10.1. The van der Waals surface area contributed by atoms with E-state index in [2.05, 4.69) is 14.9 Å². The highest BCUT2D eigenvalue weighted by Crippen LogP contribution is 2.35. The maximum absolute atomic E-state index is 15.4. The molecule has 35 heavy (non-hydrogen) atoms. The van der Waals surface area contributed by atoms with Crippen LogP contribution in [0, 0.1) is 11.8 Å². The lowest BCUT2D eigenvalue weighted by Crippen LogP contribution is -2.44. The first-order chi connectivity index (χ1) is 17.0. The Morgan fingerprint density at radius 2 is 2.14 bits per heavy atom. The summed E-state index contributed by atoms with van der Waals surface area (Å²) in [5.41, 5.74) is 1.31. The summed E-state index contributed by atoms with van der Waals surface area (Å²) >= 11 is 1.72. The molecule has 3 heterocycles. The third-order valence-corrected chi connectivity index (χ3v) is 7.80. The quantitative estimate of drug-likeness (QED) is 0.272. The van der Waals surface area contributed by atoms with Gasteiger partial charge in [-0.1, -0.05) is 6.07 Å². The standard InChI is InChI=1S/C27H32FN3O3S/c1-34-20-7-9-25-22(17-20)21(10-13-29-25)24(28)8-6-19-11-15-31(18-23(19)27(32)33)14-4-16-35-26-5-2-3-12-30-26/h2-3,5,7,9-10,12-13,17,19,23-24H,4,6,8,11,14-16,18H2,1H3,(H,32,33)/t19-,23+,24?/m1/s1. The predicted octanol–water partition coefficient (Wildman–Crippen LogP) is 5.63. The van der Waals surface area contributed by atoms with Crippen molar-refractivity contribution >= 4 is 28.6 Å². The average Bonchev–Trinajstić information content (AvgIpc) is 2.89. The second kappa shape index (κ2) is 12.3. The Morgan fingerprint density at radius 1 is 1.26 bits per heavy atom. The van der Waals surface area contributed by atoms with Crippen molar-refractivity contribution in [3.05, 3.63) is 60.4 Å². The monoisotopic (exact) mass is 497 g/mol. The lowest BCUT2D eigenvalue weighted by Gasteiger charge is -2.36. The zero-order chi connectivity index (χ0) is 24.6. The zero-order valence-electron chi connectivity index (χ0n) is 20.0. The third-order valence-electron chi connectivity index (χ3n) is 6.77. The topological polar surface area (TPSA) is 75.5 Å². The molecule has 2 aromatic heterocycles. The van der Waals surface area contributed by atoms with Crippen molar-refractivity contribution in [2.45, 2.75) is 36.9 Å². The number of aromatic nitrogens is 2. The summed E-state index contributed by atoms with van der Waals surface area (Å²) in [4.78, 5) is 22.9. The molecule has 8 heteroatoms. The highest BCUT2D eigenvalue weighted by molar-refractivity contribution is 7.99. The molecular weight excluding hydrogens is 465 g/mol. The van der Waals surface area contributed by atoms with E-state index in [0.717, 1.165) is 47.6 Å². The lowest BCUT2D eigenvalue weighted by atomic mass is 9.81. The minimum Gasteiger partial charge on any atom is -0.497 e. The minimum atomic E-state index is -1.18. The van der Waals surface area contributed by atoms with Crippen LogP contribution in [0.1, 0.15) is 37.4 Å². The van der Waals surface area contributed by atoms with E-state index < -0.39 is 18.1 Å². The number of halogens is 1. The van der Waals surface area contributed by atoms with Crippen LogP contribution in [-0.4, -0.2) is 58.4 Å². The van der Waals surface area contributed by atoms with Gasteiger partial charge in [0.1, 0.15) is 11.9 Å². The number of pyridine rings is 2. The molecule has 3 atom stereocenters. The molecule has 0 saturated carbocycles. The number of aliphatic carboxylic acids is 1. The molecule has 0 spiro atoms. The Hall–Kier alpha value is -2.71.